The molecule has 0 saturated heterocycles. The van der Waals surface area contributed by atoms with Gasteiger partial charge in [0.1, 0.15) is 5.76 Å². The molecule has 0 fully saturated rings. The number of hydrogen-bond donors (Lipinski definition) is 0. The van der Waals surface area contributed by atoms with Gasteiger partial charge in [0.2, 0.25) is 0 Å². The molecule has 1 aliphatic carbocycles. The Morgan fingerprint density at radius 2 is 2.20 bits per heavy atom. The van der Waals surface area contributed by atoms with Gasteiger partial charge in [0, 0.05) is 11.8 Å². The fourth-order valence-electron chi connectivity index (χ4n) is 2.09. The number of allylic oxidation sites excluding steroid dienone is 2. The molecule has 3 heteroatoms. The van der Waals surface area contributed by atoms with E-state index in [2.05, 4.69) is 50.1 Å². The number of hydrogen-bond acceptors (Lipinski definition) is 1. The Hall–Kier alpha value is -0.0200. The van der Waals surface area contributed by atoms with Crippen LogP contribution in [0.5, 0.6) is 0 Å². The van der Waals surface area contributed by atoms with Crippen LogP contribution in [0.4, 0.5) is 0 Å². The first-order chi connectivity index (χ1) is 7.24. The molecule has 0 N–H and O–H groups in total. The zero-order chi connectivity index (χ0) is 10.7. The minimum absolute atomic E-state index is 0.353. The standard InChI is InChI=1S/C12H14Br2O/c13-9-12(6-2-1-3-7-12)8-10-4-5-11(14)15-10/h1-2,4-5H,3,6-9H2. The van der Waals surface area contributed by atoms with E-state index >= 15 is 0 Å². The van der Waals surface area contributed by atoms with Gasteiger partial charge in [0.25, 0.3) is 0 Å². The lowest BCUT2D eigenvalue weighted by Gasteiger charge is -2.32. The Morgan fingerprint density at radius 3 is 2.73 bits per heavy atom. The average molecular weight is 334 g/mol. The monoisotopic (exact) mass is 332 g/mol. The lowest BCUT2D eigenvalue weighted by Crippen LogP contribution is -2.26. The topological polar surface area (TPSA) is 13.1 Å². The van der Waals surface area contributed by atoms with Crippen molar-refractivity contribution >= 4 is 31.9 Å². The molecule has 0 aromatic carbocycles. The molecule has 0 spiro atoms. The van der Waals surface area contributed by atoms with Crippen LogP contribution in [0.1, 0.15) is 25.0 Å². The Labute approximate surface area is 107 Å². The predicted molar refractivity (Wildman–Crippen MR) is 69.3 cm³/mol. The van der Waals surface area contributed by atoms with E-state index in [1.54, 1.807) is 0 Å². The summed E-state index contributed by atoms with van der Waals surface area (Å²) in [6, 6.07) is 4.03. The van der Waals surface area contributed by atoms with Crippen LogP contribution in [-0.2, 0) is 6.42 Å². The van der Waals surface area contributed by atoms with Crippen molar-refractivity contribution < 1.29 is 4.42 Å². The first-order valence-electron chi connectivity index (χ1n) is 5.19. The summed E-state index contributed by atoms with van der Waals surface area (Å²) in [6.45, 7) is 0. The molecule has 1 nitrogen and oxygen atoms in total. The first kappa shape index (κ1) is 11.5. The summed E-state index contributed by atoms with van der Waals surface area (Å²) < 4.78 is 6.41. The van der Waals surface area contributed by atoms with Crippen LogP contribution >= 0.6 is 31.9 Å². The lowest BCUT2D eigenvalue weighted by atomic mass is 9.76. The van der Waals surface area contributed by atoms with Gasteiger partial charge < -0.3 is 4.42 Å². The third-order valence-electron chi connectivity index (χ3n) is 3.02. The van der Waals surface area contributed by atoms with E-state index in [1.807, 2.05) is 6.07 Å². The normalized spacial score (nSPS) is 25.7. The zero-order valence-corrected chi connectivity index (χ0v) is 11.7. The van der Waals surface area contributed by atoms with Gasteiger partial charge in [-0.2, -0.15) is 0 Å². The van der Waals surface area contributed by atoms with Crippen LogP contribution in [0.25, 0.3) is 0 Å². The zero-order valence-electron chi connectivity index (χ0n) is 8.51. The molecular formula is C12H14Br2O. The van der Waals surface area contributed by atoms with Crippen molar-refractivity contribution in [2.45, 2.75) is 25.7 Å². The molecule has 0 aliphatic heterocycles. The molecule has 2 rings (SSSR count). The van der Waals surface area contributed by atoms with E-state index < -0.39 is 0 Å². The minimum Gasteiger partial charge on any atom is -0.454 e. The molecule has 1 atom stereocenters. The summed E-state index contributed by atoms with van der Waals surface area (Å²) in [7, 11) is 0. The average Bonchev–Trinajstić information content (AvgIpc) is 2.65. The highest BCUT2D eigenvalue weighted by Crippen LogP contribution is 2.38. The van der Waals surface area contributed by atoms with Gasteiger partial charge in [-0.1, -0.05) is 28.1 Å². The van der Waals surface area contributed by atoms with Crippen LogP contribution < -0.4 is 0 Å². The highest BCUT2D eigenvalue weighted by Gasteiger charge is 2.30. The van der Waals surface area contributed by atoms with Crippen LogP contribution in [0.3, 0.4) is 0 Å². The second kappa shape index (κ2) is 4.88. The van der Waals surface area contributed by atoms with Gasteiger partial charge in [-0.15, -0.1) is 0 Å². The summed E-state index contributed by atoms with van der Waals surface area (Å²) in [5.41, 5.74) is 0.353. The summed E-state index contributed by atoms with van der Waals surface area (Å²) in [6.07, 6.45) is 9.17. The second-order valence-electron chi connectivity index (χ2n) is 4.23. The lowest BCUT2D eigenvalue weighted by molar-refractivity contribution is 0.276. The smallest absolute Gasteiger partial charge is 0.169 e. The summed E-state index contributed by atoms with van der Waals surface area (Å²) in [5, 5.41) is 1.04. The molecule has 1 unspecified atom stereocenters. The third kappa shape index (κ3) is 2.76. The molecule has 0 saturated carbocycles. The fourth-order valence-corrected chi connectivity index (χ4v) is 3.14. The van der Waals surface area contributed by atoms with Gasteiger partial charge >= 0.3 is 0 Å². The maximum atomic E-state index is 5.58. The van der Waals surface area contributed by atoms with E-state index in [1.165, 1.54) is 12.8 Å². The third-order valence-corrected chi connectivity index (χ3v) is 4.64. The molecule has 0 radical (unpaired) electrons. The maximum Gasteiger partial charge on any atom is 0.169 e. The van der Waals surface area contributed by atoms with Crippen molar-refractivity contribution in [2.75, 3.05) is 5.33 Å². The fraction of sp³-hybridized carbons (Fsp3) is 0.500. The largest absolute Gasteiger partial charge is 0.454 e. The molecule has 1 aliphatic rings. The van der Waals surface area contributed by atoms with E-state index in [-0.39, 0.29) is 0 Å². The number of halogens is 2. The summed E-state index contributed by atoms with van der Waals surface area (Å²) in [5.74, 6) is 1.08. The van der Waals surface area contributed by atoms with Crippen LogP contribution in [0.2, 0.25) is 0 Å². The Balaban J connectivity index is 2.10. The van der Waals surface area contributed by atoms with Crippen LogP contribution in [0.15, 0.2) is 33.4 Å². The number of rotatable bonds is 3. The summed E-state index contributed by atoms with van der Waals surface area (Å²) >= 11 is 6.99. The number of alkyl halides is 1. The van der Waals surface area contributed by atoms with Crippen molar-refractivity contribution in [1.82, 2.24) is 0 Å². The molecule has 1 aromatic rings. The van der Waals surface area contributed by atoms with Gasteiger partial charge in [0.05, 0.1) is 0 Å². The molecule has 1 aromatic heterocycles. The van der Waals surface area contributed by atoms with Crippen molar-refractivity contribution in [3.63, 3.8) is 0 Å². The molecular weight excluding hydrogens is 320 g/mol. The molecule has 1 heterocycles. The van der Waals surface area contributed by atoms with Crippen molar-refractivity contribution in [3.05, 3.63) is 34.7 Å². The van der Waals surface area contributed by atoms with Gasteiger partial charge in [0.15, 0.2) is 4.67 Å². The van der Waals surface area contributed by atoms with E-state index in [0.29, 0.717) is 5.41 Å². The molecule has 82 valence electrons. The quantitative estimate of drug-likeness (QED) is 0.577. The van der Waals surface area contributed by atoms with E-state index in [4.69, 9.17) is 4.42 Å². The highest BCUT2D eigenvalue weighted by molar-refractivity contribution is 9.10. The molecule has 0 amide bonds. The van der Waals surface area contributed by atoms with Crippen molar-refractivity contribution in [2.24, 2.45) is 5.41 Å². The predicted octanol–water partition coefficient (Wildman–Crippen LogP) is 4.71. The van der Waals surface area contributed by atoms with E-state index in [0.717, 1.165) is 28.6 Å². The van der Waals surface area contributed by atoms with Crippen LogP contribution in [0, 0.1) is 5.41 Å². The first-order valence-corrected chi connectivity index (χ1v) is 7.11. The van der Waals surface area contributed by atoms with Gasteiger partial charge in [-0.05, 0) is 52.7 Å². The summed E-state index contributed by atoms with van der Waals surface area (Å²) in [4.78, 5) is 0. The Morgan fingerprint density at radius 1 is 1.33 bits per heavy atom. The molecule has 15 heavy (non-hydrogen) atoms. The van der Waals surface area contributed by atoms with E-state index in [9.17, 15) is 0 Å². The maximum absolute atomic E-state index is 5.58. The SMILES string of the molecule is BrCC1(Cc2ccc(Br)o2)CC=CCC1. The Kier molecular flexibility index (Phi) is 3.73. The van der Waals surface area contributed by atoms with Crippen LogP contribution in [-0.4, -0.2) is 5.33 Å². The molecule has 0 bridgehead atoms. The van der Waals surface area contributed by atoms with Crippen molar-refractivity contribution in [1.29, 1.82) is 0 Å². The Bertz CT molecular complexity index is 356. The minimum atomic E-state index is 0.353. The van der Waals surface area contributed by atoms with Gasteiger partial charge in [-0.25, -0.2) is 0 Å². The second-order valence-corrected chi connectivity index (χ2v) is 5.57. The van der Waals surface area contributed by atoms with Gasteiger partial charge in [-0.3, -0.25) is 0 Å². The highest BCUT2D eigenvalue weighted by atomic mass is 79.9. The van der Waals surface area contributed by atoms with Crippen molar-refractivity contribution in [3.8, 4) is 0 Å². The number of furan rings is 1.